The van der Waals surface area contributed by atoms with Crippen LogP contribution in [0.3, 0.4) is 0 Å². The van der Waals surface area contributed by atoms with Crippen LogP contribution < -0.4 is 5.32 Å². The number of benzene rings is 2. The Morgan fingerprint density at radius 3 is 2.05 bits per heavy atom. The van der Waals surface area contributed by atoms with Gasteiger partial charge < -0.3 is 5.32 Å². The Balaban J connectivity index is 2.41. The maximum atomic E-state index is 13.4. The molecule has 110 valence electrons. The Morgan fingerprint density at radius 1 is 0.952 bits per heavy atom. The van der Waals surface area contributed by atoms with Crippen LogP contribution in [0.25, 0.3) is 0 Å². The van der Waals surface area contributed by atoms with Crippen molar-refractivity contribution in [2.45, 2.75) is 0 Å². The third-order valence-electron chi connectivity index (χ3n) is 2.53. The van der Waals surface area contributed by atoms with Gasteiger partial charge in [0.1, 0.15) is 11.5 Å². The monoisotopic (exact) mass is 365 g/mol. The van der Waals surface area contributed by atoms with E-state index < -0.39 is 40.7 Å². The van der Waals surface area contributed by atoms with Crippen LogP contribution in [0.15, 0.2) is 28.7 Å². The summed E-state index contributed by atoms with van der Waals surface area (Å²) in [7, 11) is 0. The first-order chi connectivity index (χ1) is 9.81. The van der Waals surface area contributed by atoms with Gasteiger partial charge in [-0.25, -0.2) is 22.0 Å². The summed E-state index contributed by atoms with van der Waals surface area (Å²) >= 11 is 2.89. The number of hydrogen-bond acceptors (Lipinski definition) is 1. The molecule has 0 atom stereocenters. The Kier molecular flexibility index (Phi) is 4.26. The van der Waals surface area contributed by atoms with E-state index in [0.717, 1.165) is 18.2 Å². The minimum absolute atomic E-state index is 0.0118. The number of amides is 1. The molecule has 0 aromatic heterocycles. The molecule has 2 aromatic carbocycles. The van der Waals surface area contributed by atoms with E-state index >= 15 is 0 Å². The highest BCUT2D eigenvalue weighted by Crippen LogP contribution is 2.26. The second-order valence-electron chi connectivity index (χ2n) is 3.92. The molecule has 2 rings (SSSR count). The lowest BCUT2D eigenvalue weighted by Gasteiger charge is -2.10. The van der Waals surface area contributed by atoms with Gasteiger partial charge in [-0.05, 0) is 34.1 Å². The number of hydrogen-bond donors (Lipinski definition) is 1. The Labute approximate surface area is 123 Å². The van der Waals surface area contributed by atoms with Crippen molar-refractivity contribution >= 4 is 27.5 Å². The average Bonchev–Trinajstić information content (AvgIpc) is 2.41. The molecule has 0 radical (unpaired) electrons. The fourth-order valence-corrected chi connectivity index (χ4v) is 2.07. The Morgan fingerprint density at radius 2 is 1.52 bits per heavy atom. The molecule has 0 bridgehead atoms. The van der Waals surface area contributed by atoms with Crippen molar-refractivity contribution in [2.24, 2.45) is 0 Å². The highest BCUT2D eigenvalue weighted by atomic mass is 79.9. The first-order valence-electron chi connectivity index (χ1n) is 5.40. The first-order valence-corrected chi connectivity index (χ1v) is 6.20. The van der Waals surface area contributed by atoms with Gasteiger partial charge in [0, 0.05) is 10.5 Å². The SMILES string of the molecule is O=C(Nc1c(F)c(F)cc(F)c1F)c1ccc(F)cc1Br. The van der Waals surface area contributed by atoms with Crippen molar-refractivity contribution in [1.29, 1.82) is 0 Å². The van der Waals surface area contributed by atoms with E-state index in [2.05, 4.69) is 15.9 Å². The first kappa shape index (κ1) is 15.4. The van der Waals surface area contributed by atoms with E-state index in [1.54, 1.807) is 5.32 Å². The topological polar surface area (TPSA) is 29.1 Å². The largest absolute Gasteiger partial charge is 0.317 e. The second-order valence-corrected chi connectivity index (χ2v) is 4.78. The second kappa shape index (κ2) is 5.80. The van der Waals surface area contributed by atoms with Gasteiger partial charge in [-0.1, -0.05) is 0 Å². The molecule has 2 nitrogen and oxygen atoms in total. The summed E-state index contributed by atoms with van der Waals surface area (Å²) in [4.78, 5) is 11.8. The number of rotatable bonds is 2. The lowest BCUT2D eigenvalue weighted by Crippen LogP contribution is -2.16. The minimum atomic E-state index is -1.74. The molecular formula is C13H5BrF5NO. The zero-order valence-electron chi connectivity index (χ0n) is 9.99. The number of carbonyl (C=O) groups is 1. The summed E-state index contributed by atoms with van der Waals surface area (Å²) in [5.41, 5.74) is -1.42. The van der Waals surface area contributed by atoms with Crippen LogP contribution in [0, 0.1) is 29.1 Å². The van der Waals surface area contributed by atoms with Gasteiger partial charge in [-0.3, -0.25) is 4.79 Å². The summed E-state index contributed by atoms with van der Waals surface area (Å²) in [5.74, 6) is -8.48. The molecule has 0 heterocycles. The molecule has 0 unspecified atom stereocenters. The zero-order valence-corrected chi connectivity index (χ0v) is 11.6. The Hall–Kier alpha value is -1.96. The molecule has 21 heavy (non-hydrogen) atoms. The third-order valence-corrected chi connectivity index (χ3v) is 3.18. The number of anilines is 1. The van der Waals surface area contributed by atoms with Crippen molar-refractivity contribution in [1.82, 2.24) is 0 Å². The quantitative estimate of drug-likeness (QED) is 0.620. The van der Waals surface area contributed by atoms with E-state index in [1.165, 1.54) is 0 Å². The normalized spacial score (nSPS) is 10.6. The molecule has 0 fully saturated rings. The molecule has 0 aliphatic heterocycles. The molecule has 0 aliphatic carbocycles. The number of halogens is 6. The van der Waals surface area contributed by atoms with Crippen molar-refractivity contribution in [3.05, 3.63) is 63.4 Å². The Bertz CT molecular complexity index is 709. The van der Waals surface area contributed by atoms with Gasteiger partial charge in [0.05, 0.1) is 5.56 Å². The molecule has 1 amide bonds. The lowest BCUT2D eigenvalue weighted by molar-refractivity contribution is 0.102. The van der Waals surface area contributed by atoms with Gasteiger partial charge in [-0.2, -0.15) is 0 Å². The van der Waals surface area contributed by atoms with Crippen molar-refractivity contribution in [3.8, 4) is 0 Å². The van der Waals surface area contributed by atoms with E-state index in [9.17, 15) is 26.7 Å². The van der Waals surface area contributed by atoms with E-state index in [-0.39, 0.29) is 16.1 Å². The molecule has 0 saturated carbocycles. The summed E-state index contributed by atoms with van der Waals surface area (Å²) in [6, 6.07) is 2.96. The third kappa shape index (κ3) is 3.05. The average molecular weight is 366 g/mol. The fraction of sp³-hybridized carbons (Fsp3) is 0. The summed E-state index contributed by atoms with van der Waals surface area (Å²) in [6.45, 7) is 0. The van der Waals surface area contributed by atoms with Gasteiger partial charge in [0.2, 0.25) is 0 Å². The van der Waals surface area contributed by atoms with Gasteiger partial charge in [0.25, 0.3) is 5.91 Å². The maximum absolute atomic E-state index is 13.4. The summed E-state index contributed by atoms with van der Waals surface area (Å²) < 4.78 is 65.8. The summed E-state index contributed by atoms with van der Waals surface area (Å²) in [6.07, 6.45) is 0. The van der Waals surface area contributed by atoms with E-state index in [4.69, 9.17) is 0 Å². The smallest absolute Gasteiger partial charge is 0.256 e. The zero-order chi connectivity index (χ0) is 15.7. The van der Waals surface area contributed by atoms with Gasteiger partial charge in [-0.15, -0.1) is 0 Å². The van der Waals surface area contributed by atoms with Crippen LogP contribution in [0.1, 0.15) is 10.4 Å². The van der Waals surface area contributed by atoms with Gasteiger partial charge in [0.15, 0.2) is 23.3 Å². The standard InChI is InChI=1S/C13H5BrF5NO/c14-7-3-5(15)1-2-6(7)13(21)20-12-10(18)8(16)4-9(17)11(12)19/h1-4H,(H,20,21). The van der Waals surface area contributed by atoms with Crippen molar-refractivity contribution in [3.63, 3.8) is 0 Å². The molecule has 0 spiro atoms. The van der Waals surface area contributed by atoms with Crippen LogP contribution >= 0.6 is 15.9 Å². The lowest BCUT2D eigenvalue weighted by atomic mass is 10.2. The molecule has 0 saturated heterocycles. The van der Waals surface area contributed by atoms with Crippen LogP contribution in [0.2, 0.25) is 0 Å². The number of carbonyl (C=O) groups excluding carboxylic acids is 1. The van der Waals surface area contributed by atoms with Crippen molar-refractivity contribution < 1.29 is 26.7 Å². The molecular weight excluding hydrogens is 361 g/mol. The molecule has 8 heteroatoms. The molecule has 0 aliphatic rings. The predicted molar refractivity (Wildman–Crippen MR) is 68.3 cm³/mol. The molecule has 2 aromatic rings. The minimum Gasteiger partial charge on any atom is -0.317 e. The highest BCUT2D eigenvalue weighted by molar-refractivity contribution is 9.10. The fourth-order valence-electron chi connectivity index (χ4n) is 1.54. The molecule has 1 N–H and O–H groups in total. The van der Waals surface area contributed by atoms with E-state index in [0.29, 0.717) is 0 Å². The van der Waals surface area contributed by atoms with Crippen LogP contribution in [0.5, 0.6) is 0 Å². The van der Waals surface area contributed by atoms with Crippen LogP contribution in [0.4, 0.5) is 27.6 Å². The maximum Gasteiger partial charge on any atom is 0.256 e. The summed E-state index contributed by atoms with van der Waals surface area (Å²) in [5, 5.41) is 1.72. The van der Waals surface area contributed by atoms with Crippen molar-refractivity contribution in [2.75, 3.05) is 5.32 Å². The predicted octanol–water partition coefficient (Wildman–Crippen LogP) is 4.40. The highest BCUT2D eigenvalue weighted by Gasteiger charge is 2.22. The number of nitrogens with one attached hydrogen (secondary N) is 1. The van der Waals surface area contributed by atoms with Crippen LogP contribution in [-0.2, 0) is 0 Å². The van der Waals surface area contributed by atoms with Gasteiger partial charge >= 0.3 is 0 Å². The van der Waals surface area contributed by atoms with Crippen LogP contribution in [-0.4, -0.2) is 5.91 Å². The van der Waals surface area contributed by atoms with E-state index in [1.807, 2.05) is 0 Å².